The molecule has 0 spiro atoms. The smallest absolute Gasteiger partial charge is 0.267 e. The SMILES string of the molecule is COc1ccc(Cl)cc1NC(=O)/C(C#N)=C\N1CCN(Cc2ccccc2)CC1. The molecular weight excluding hydrogens is 388 g/mol. The van der Waals surface area contributed by atoms with Gasteiger partial charge in [-0.1, -0.05) is 41.9 Å². The Kier molecular flexibility index (Phi) is 7.12. The number of amides is 1. The fourth-order valence-electron chi connectivity index (χ4n) is 3.18. The van der Waals surface area contributed by atoms with E-state index in [-0.39, 0.29) is 5.57 Å². The standard InChI is InChI=1S/C22H23ClN4O2/c1-29-21-8-7-19(23)13-20(21)25-22(28)18(14-24)16-27-11-9-26(10-12-27)15-17-5-3-2-4-6-17/h2-8,13,16H,9-12,15H2,1H3,(H,25,28)/b18-16-. The van der Waals surface area contributed by atoms with Gasteiger partial charge in [0.05, 0.1) is 12.8 Å². The number of piperazine rings is 1. The van der Waals surface area contributed by atoms with Crippen LogP contribution in [-0.2, 0) is 11.3 Å². The minimum Gasteiger partial charge on any atom is -0.495 e. The number of nitriles is 1. The van der Waals surface area contributed by atoms with Gasteiger partial charge in [-0.25, -0.2) is 0 Å². The van der Waals surface area contributed by atoms with Gasteiger partial charge in [0, 0.05) is 43.9 Å². The molecule has 6 nitrogen and oxygen atoms in total. The van der Waals surface area contributed by atoms with Crippen LogP contribution in [0.3, 0.4) is 0 Å². The van der Waals surface area contributed by atoms with Crippen LogP contribution in [0.1, 0.15) is 5.56 Å². The quantitative estimate of drug-likeness (QED) is 0.583. The van der Waals surface area contributed by atoms with Gasteiger partial charge in [0.1, 0.15) is 17.4 Å². The predicted octanol–water partition coefficient (Wildman–Crippen LogP) is 3.51. The molecule has 150 valence electrons. The molecule has 2 aromatic rings. The van der Waals surface area contributed by atoms with Crippen molar-refractivity contribution < 1.29 is 9.53 Å². The zero-order valence-corrected chi connectivity index (χ0v) is 17.0. The molecule has 1 fully saturated rings. The number of hydrogen-bond acceptors (Lipinski definition) is 5. The Bertz CT molecular complexity index is 916. The Morgan fingerprint density at radius 2 is 1.93 bits per heavy atom. The molecular formula is C22H23ClN4O2. The van der Waals surface area contributed by atoms with Crippen molar-refractivity contribution >= 4 is 23.2 Å². The van der Waals surface area contributed by atoms with Crippen LogP contribution in [0.2, 0.25) is 5.02 Å². The first-order valence-electron chi connectivity index (χ1n) is 9.36. The summed E-state index contributed by atoms with van der Waals surface area (Å²) >= 11 is 6.00. The summed E-state index contributed by atoms with van der Waals surface area (Å²) in [6.07, 6.45) is 1.63. The molecule has 0 aliphatic carbocycles. The van der Waals surface area contributed by atoms with E-state index in [0.29, 0.717) is 16.5 Å². The van der Waals surface area contributed by atoms with Crippen molar-refractivity contribution in [1.82, 2.24) is 9.80 Å². The van der Waals surface area contributed by atoms with Crippen LogP contribution in [0, 0.1) is 11.3 Å². The summed E-state index contributed by atoms with van der Waals surface area (Å²) in [6, 6.07) is 17.3. The van der Waals surface area contributed by atoms with Gasteiger partial charge in [0.2, 0.25) is 0 Å². The largest absolute Gasteiger partial charge is 0.495 e. The van der Waals surface area contributed by atoms with Gasteiger partial charge < -0.3 is 15.0 Å². The Labute approximate surface area is 175 Å². The maximum absolute atomic E-state index is 12.6. The average molecular weight is 411 g/mol. The summed E-state index contributed by atoms with van der Waals surface area (Å²) < 4.78 is 5.23. The fraction of sp³-hybridized carbons (Fsp3) is 0.273. The first-order chi connectivity index (χ1) is 14.1. The first kappa shape index (κ1) is 20.7. The highest BCUT2D eigenvalue weighted by molar-refractivity contribution is 6.31. The van der Waals surface area contributed by atoms with Gasteiger partial charge in [-0.15, -0.1) is 0 Å². The lowest BCUT2D eigenvalue weighted by Gasteiger charge is -2.34. The molecule has 0 aromatic heterocycles. The lowest BCUT2D eigenvalue weighted by atomic mass is 10.2. The van der Waals surface area contributed by atoms with Crippen molar-refractivity contribution in [2.45, 2.75) is 6.54 Å². The monoisotopic (exact) mass is 410 g/mol. The summed E-state index contributed by atoms with van der Waals surface area (Å²) in [6.45, 7) is 4.15. The topological polar surface area (TPSA) is 68.6 Å². The van der Waals surface area contributed by atoms with E-state index in [2.05, 4.69) is 22.3 Å². The van der Waals surface area contributed by atoms with Gasteiger partial charge in [-0.2, -0.15) is 5.26 Å². The Morgan fingerprint density at radius 3 is 2.59 bits per heavy atom. The fourth-order valence-corrected chi connectivity index (χ4v) is 3.35. The molecule has 3 rings (SSSR count). The van der Waals surface area contributed by atoms with E-state index < -0.39 is 5.91 Å². The number of anilines is 1. The number of nitrogens with one attached hydrogen (secondary N) is 1. The van der Waals surface area contributed by atoms with E-state index >= 15 is 0 Å². The number of methoxy groups -OCH3 is 1. The molecule has 1 aliphatic heterocycles. The summed E-state index contributed by atoms with van der Waals surface area (Å²) in [7, 11) is 1.51. The van der Waals surface area contributed by atoms with Crippen molar-refractivity contribution in [2.75, 3.05) is 38.6 Å². The average Bonchev–Trinajstić information content (AvgIpc) is 2.74. The lowest BCUT2D eigenvalue weighted by Crippen LogP contribution is -2.43. The molecule has 0 saturated carbocycles. The molecule has 0 radical (unpaired) electrons. The summed E-state index contributed by atoms with van der Waals surface area (Å²) in [5, 5.41) is 12.6. The number of halogens is 1. The number of nitrogens with zero attached hydrogens (tertiary/aromatic N) is 3. The van der Waals surface area contributed by atoms with Gasteiger partial charge in [-0.05, 0) is 23.8 Å². The first-order valence-corrected chi connectivity index (χ1v) is 9.74. The van der Waals surface area contributed by atoms with Crippen LogP contribution in [0.15, 0.2) is 60.3 Å². The third kappa shape index (κ3) is 5.74. The summed E-state index contributed by atoms with van der Waals surface area (Å²) in [4.78, 5) is 16.9. The highest BCUT2D eigenvalue weighted by Crippen LogP contribution is 2.28. The minimum absolute atomic E-state index is 0.0449. The second-order valence-electron chi connectivity index (χ2n) is 6.75. The lowest BCUT2D eigenvalue weighted by molar-refractivity contribution is -0.112. The molecule has 0 atom stereocenters. The predicted molar refractivity (Wildman–Crippen MR) is 114 cm³/mol. The zero-order valence-electron chi connectivity index (χ0n) is 16.3. The van der Waals surface area contributed by atoms with E-state index in [4.69, 9.17) is 16.3 Å². The second kappa shape index (κ2) is 9.97. The molecule has 1 N–H and O–H groups in total. The van der Waals surface area contributed by atoms with E-state index in [9.17, 15) is 10.1 Å². The highest BCUT2D eigenvalue weighted by Gasteiger charge is 2.18. The van der Waals surface area contributed by atoms with Crippen LogP contribution >= 0.6 is 11.6 Å². The molecule has 1 heterocycles. The second-order valence-corrected chi connectivity index (χ2v) is 7.19. The van der Waals surface area contributed by atoms with Crippen LogP contribution in [0.25, 0.3) is 0 Å². The van der Waals surface area contributed by atoms with Crippen molar-refractivity contribution in [3.63, 3.8) is 0 Å². The van der Waals surface area contributed by atoms with Crippen LogP contribution in [0.4, 0.5) is 5.69 Å². The van der Waals surface area contributed by atoms with Crippen LogP contribution in [-0.4, -0.2) is 49.0 Å². The van der Waals surface area contributed by atoms with E-state index in [1.807, 2.05) is 29.2 Å². The molecule has 7 heteroatoms. The molecule has 0 bridgehead atoms. The van der Waals surface area contributed by atoms with E-state index in [1.54, 1.807) is 24.4 Å². The third-order valence-corrected chi connectivity index (χ3v) is 4.98. The van der Waals surface area contributed by atoms with Gasteiger partial charge in [0.15, 0.2) is 0 Å². The highest BCUT2D eigenvalue weighted by atomic mass is 35.5. The van der Waals surface area contributed by atoms with E-state index in [0.717, 1.165) is 32.7 Å². The Morgan fingerprint density at radius 1 is 1.21 bits per heavy atom. The number of hydrogen-bond donors (Lipinski definition) is 1. The molecule has 0 unspecified atom stereocenters. The zero-order chi connectivity index (χ0) is 20.6. The third-order valence-electron chi connectivity index (χ3n) is 4.74. The number of benzene rings is 2. The number of rotatable bonds is 6. The van der Waals surface area contributed by atoms with Gasteiger partial charge in [0.25, 0.3) is 5.91 Å². The summed E-state index contributed by atoms with van der Waals surface area (Å²) in [5.74, 6) is -0.00523. The Balaban J connectivity index is 1.60. The number of ether oxygens (including phenoxy) is 1. The number of carbonyl (C=O) groups excluding carboxylic acids is 1. The van der Waals surface area contributed by atoms with Crippen molar-refractivity contribution in [1.29, 1.82) is 5.26 Å². The van der Waals surface area contributed by atoms with Crippen LogP contribution in [0.5, 0.6) is 5.75 Å². The van der Waals surface area contributed by atoms with Crippen molar-refractivity contribution in [2.24, 2.45) is 0 Å². The maximum atomic E-state index is 12.6. The Hall–Kier alpha value is -3.01. The molecule has 1 aliphatic rings. The molecule has 29 heavy (non-hydrogen) atoms. The number of carbonyl (C=O) groups is 1. The van der Waals surface area contributed by atoms with Crippen molar-refractivity contribution in [3.05, 3.63) is 70.9 Å². The van der Waals surface area contributed by atoms with Crippen molar-refractivity contribution in [3.8, 4) is 11.8 Å². The maximum Gasteiger partial charge on any atom is 0.267 e. The normalized spacial score (nSPS) is 14.9. The minimum atomic E-state index is -0.486. The van der Waals surface area contributed by atoms with Crippen LogP contribution < -0.4 is 10.1 Å². The van der Waals surface area contributed by atoms with E-state index in [1.165, 1.54) is 12.7 Å². The van der Waals surface area contributed by atoms with Gasteiger partial charge in [-0.3, -0.25) is 9.69 Å². The van der Waals surface area contributed by atoms with Gasteiger partial charge >= 0.3 is 0 Å². The molecule has 1 saturated heterocycles. The molecule has 1 amide bonds. The molecule has 2 aromatic carbocycles. The summed E-state index contributed by atoms with van der Waals surface area (Å²) in [5.41, 5.74) is 1.76.